The minimum Gasteiger partial charge on any atom is -0.0683 e. The molecule has 0 heteroatoms. The second-order valence-electron chi connectivity index (χ2n) is 5.88. The van der Waals surface area contributed by atoms with Crippen molar-refractivity contribution in [3.05, 3.63) is 121 Å². The van der Waals surface area contributed by atoms with E-state index in [1.807, 2.05) is 50.2 Å². The Morgan fingerprint density at radius 1 is 0.370 bits per heavy atom. The molecule has 0 saturated carbocycles. The first kappa shape index (κ1) is 20.2. The van der Waals surface area contributed by atoms with Crippen molar-refractivity contribution in [1.29, 1.82) is 0 Å². The van der Waals surface area contributed by atoms with E-state index in [2.05, 4.69) is 85.8 Å². The minimum absolute atomic E-state index is 1.27. The van der Waals surface area contributed by atoms with Crippen LogP contribution in [0.15, 0.2) is 115 Å². The third kappa shape index (κ3) is 5.97. The van der Waals surface area contributed by atoms with Gasteiger partial charge in [0.25, 0.3) is 0 Å². The van der Waals surface area contributed by atoms with Gasteiger partial charge in [0.2, 0.25) is 0 Å². The monoisotopic (exact) mass is 352 g/mol. The predicted molar refractivity (Wildman–Crippen MR) is 120 cm³/mol. The zero-order valence-corrected chi connectivity index (χ0v) is 16.5. The average Bonchev–Trinajstić information content (AvgIpc) is 2.78. The lowest BCUT2D eigenvalue weighted by atomic mass is 9.92. The van der Waals surface area contributed by atoms with Crippen molar-refractivity contribution in [3.63, 3.8) is 0 Å². The Hall–Kier alpha value is -3.12. The smallest absolute Gasteiger partial charge is 0.0103 e. The van der Waals surface area contributed by atoms with E-state index < -0.39 is 0 Å². The fraction of sp³-hybridized carbons (Fsp3) is 0.111. The van der Waals surface area contributed by atoms with E-state index in [-0.39, 0.29) is 0 Å². The molecule has 0 fully saturated rings. The molecule has 0 spiro atoms. The summed E-state index contributed by atoms with van der Waals surface area (Å²) in [7, 11) is 0. The summed E-state index contributed by atoms with van der Waals surface area (Å²) in [5.41, 5.74) is 6.47. The van der Waals surface area contributed by atoms with Gasteiger partial charge in [-0.1, -0.05) is 129 Å². The number of benzene rings is 4. The van der Waals surface area contributed by atoms with E-state index >= 15 is 0 Å². The molecular formula is C27H28. The highest BCUT2D eigenvalue weighted by Gasteiger charge is 2.07. The third-order valence-electron chi connectivity index (χ3n) is 4.11. The van der Waals surface area contributed by atoms with Gasteiger partial charge >= 0.3 is 0 Å². The van der Waals surface area contributed by atoms with E-state index in [0.29, 0.717) is 0 Å². The SMILES string of the molecule is CC.Cc1ccccc1-c1ccccc1-c1ccccc1.c1ccccc1. The fourth-order valence-electron chi connectivity index (χ4n) is 2.85. The van der Waals surface area contributed by atoms with Crippen LogP contribution in [0, 0.1) is 6.92 Å². The summed E-state index contributed by atoms with van der Waals surface area (Å²) < 4.78 is 0. The molecule has 0 aliphatic carbocycles. The van der Waals surface area contributed by atoms with Crippen molar-refractivity contribution in [1.82, 2.24) is 0 Å². The van der Waals surface area contributed by atoms with Crippen LogP contribution in [0.25, 0.3) is 22.3 Å². The molecule has 0 aliphatic heterocycles. The van der Waals surface area contributed by atoms with Crippen LogP contribution in [0.5, 0.6) is 0 Å². The summed E-state index contributed by atoms with van der Waals surface area (Å²) in [5, 5.41) is 0. The van der Waals surface area contributed by atoms with Crippen LogP contribution in [-0.4, -0.2) is 0 Å². The molecular weight excluding hydrogens is 324 g/mol. The molecule has 0 aromatic heterocycles. The number of hydrogen-bond acceptors (Lipinski definition) is 0. The molecule has 4 aromatic rings. The third-order valence-corrected chi connectivity index (χ3v) is 4.11. The summed E-state index contributed by atoms with van der Waals surface area (Å²) in [6, 6.07) is 39.7. The molecule has 136 valence electrons. The van der Waals surface area contributed by atoms with Crippen molar-refractivity contribution < 1.29 is 0 Å². The van der Waals surface area contributed by atoms with Crippen molar-refractivity contribution in [3.8, 4) is 22.3 Å². The highest BCUT2D eigenvalue weighted by atomic mass is 14.1. The maximum absolute atomic E-state index is 2.20. The number of aryl methyl sites for hydroxylation is 1. The fourth-order valence-corrected chi connectivity index (χ4v) is 2.85. The Morgan fingerprint density at radius 2 is 0.741 bits per heavy atom. The predicted octanol–water partition coefficient (Wildman–Crippen LogP) is 8.04. The van der Waals surface area contributed by atoms with Crippen LogP contribution in [0.2, 0.25) is 0 Å². The largest absolute Gasteiger partial charge is 0.0683 e. The molecule has 0 aliphatic rings. The Balaban J connectivity index is 0.000000275. The lowest BCUT2D eigenvalue weighted by Crippen LogP contribution is -1.87. The van der Waals surface area contributed by atoms with Crippen molar-refractivity contribution >= 4 is 0 Å². The Morgan fingerprint density at radius 3 is 1.26 bits per heavy atom. The quantitative estimate of drug-likeness (QED) is 0.342. The van der Waals surface area contributed by atoms with Gasteiger partial charge in [-0.2, -0.15) is 0 Å². The van der Waals surface area contributed by atoms with E-state index in [9.17, 15) is 0 Å². The molecule has 4 rings (SSSR count). The summed E-state index contributed by atoms with van der Waals surface area (Å²) in [5.74, 6) is 0. The van der Waals surface area contributed by atoms with Gasteiger partial charge in [0.05, 0.1) is 0 Å². The topological polar surface area (TPSA) is 0 Å². The Labute approximate surface area is 164 Å². The Kier molecular flexibility index (Phi) is 8.59. The molecule has 0 atom stereocenters. The summed E-state index contributed by atoms with van der Waals surface area (Å²) in [6.07, 6.45) is 0. The zero-order chi connectivity index (χ0) is 19.3. The van der Waals surface area contributed by atoms with Crippen LogP contribution in [0.4, 0.5) is 0 Å². The first-order chi connectivity index (χ1) is 13.4. The van der Waals surface area contributed by atoms with Crippen LogP contribution in [-0.2, 0) is 0 Å². The highest BCUT2D eigenvalue weighted by molar-refractivity contribution is 5.84. The van der Waals surface area contributed by atoms with Gasteiger partial charge in [0.15, 0.2) is 0 Å². The molecule has 0 radical (unpaired) electrons. The van der Waals surface area contributed by atoms with Gasteiger partial charge in [0.1, 0.15) is 0 Å². The minimum atomic E-state index is 1.27. The van der Waals surface area contributed by atoms with E-state index in [4.69, 9.17) is 0 Å². The first-order valence-corrected chi connectivity index (χ1v) is 9.57. The molecule has 0 bridgehead atoms. The second kappa shape index (κ2) is 11.5. The van der Waals surface area contributed by atoms with Gasteiger partial charge < -0.3 is 0 Å². The molecule has 0 unspecified atom stereocenters. The number of rotatable bonds is 2. The molecule has 27 heavy (non-hydrogen) atoms. The van der Waals surface area contributed by atoms with Gasteiger partial charge in [-0.3, -0.25) is 0 Å². The molecule has 0 nitrogen and oxygen atoms in total. The van der Waals surface area contributed by atoms with Crippen LogP contribution in [0.1, 0.15) is 19.4 Å². The van der Waals surface area contributed by atoms with Crippen molar-refractivity contribution in [2.45, 2.75) is 20.8 Å². The van der Waals surface area contributed by atoms with Crippen LogP contribution in [0.3, 0.4) is 0 Å². The summed E-state index contributed by atoms with van der Waals surface area (Å²) >= 11 is 0. The average molecular weight is 353 g/mol. The normalized spacial score (nSPS) is 9.30. The standard InChI is InChI=1S/C19H16.C6H6.C2H6/c1-15-9-5-6-12-17(15)19-14-8-7-13-18(19)16-10-3-2-4-11-16;1-2-4-6-5-3-1;1-2/h2-14H,1H3;1-6H;1-2H3. The van der Waals surface area contributed by atoms with Gasteiger partial charge in [-0.15, -0.1) is 0 Å². The van der Waals surface area contributed by atoms with Gasteiger partial charge in [-0.05, 0) is 34.7 Å². The van der Waals surface area contributed by atoms with E-state index in [0.717, 1.165) is 0 Å². The lowest BCUT2D eigenvalue weighted by Gasteiger charge is -2.12. The van der Waals surface area contributed by atoms with Crippen molar-refractivity contribution in [2.75, 3.05) is 0 Å². The maximum atomic E-state index is 2.20. The first-order valence-electron chi connectivity index (χ1n) is 9.57. The van der Waals surface area contributed by atoms with E-state index in [1.54, 1.807) is 0 Å². The zero-order valence-electron chi connectivity index (χ0n) is 16.5. The van der Waals surface area contributed by atoms with E-state index in [1.165, 1.54) is 27.8 Å². The highest BCUT2D eigenvalue weighted by Crippen LogP contribution is 2.33. The van der Waals surface area contributed by atoms with Gasteiger partial charge in [0, 0.05) is 0 Å². The van der Waals surface area contributed by atoms with Crippen LogP contribution < -0.4 is 0 Å². The molecule has 4 aromatic carbocycles. The number of hydrogen-bond donors (Lipinski definition) is 0. The second-order valence-corrected chi connectivity index (χ2v) is 5.88. The molecule has 0 N–H and O–H groups in total. The lowest BCUT2D eigenvalue weighted by molar-refractivity contribution is 1.46. The maximum Gasteiger partial charge on any atom is -0.0103 e. The Bertz CT molecular complexity index is 866. The molecule has 0 heterocycles. The molecule has 0 amide bonds. The molecule has 0 saturated heterocycles. The van der Waals surface area contributed by atoms with Gasteiger partial charge in [-0.25, -0.2) is 0 Å². The van der Waals surface area contributed by atoms with Crippen molar-refractivity contribution in [2.24, 2.45) is 0 Å². The summed E-state index contributed by atoms with van der Waals surface area (Å²) in [6.45, 7) is 6.16. The summed E-state index contributed by atoms with van der Waals surface area (Å²) in [4.78, 5) is 0. The van der Waals surface area contributed by atoms with Crippen LogP contribution >= 0.6 is 0 Å².